The summed E-state index contributed by atoms with van der Waals surface area (Å²) in [5, 5.41) is 19.1. The van der Waals surface area contributed by atoms with Gasteiger partial charge in [-0.15, -0.1) is 0 Å². The molecule has 1 aliphatic carbocycles. The molecule has 0 aromatic rings. The minimum absolute atomic E-state index is 0.212. The van der Waals surface area contributed by atoms with Crippen molar-refractivity contribution in [3.8, 4) is 0 Å². The Balaban J connectivity index is 2.18. The number of hydrogen-bond donors (Lipinski definition) is 2. The van der Waals surface area contributed by atoms with Crippen LogP contribution in [0.5, 0.6) is 0 Å². The molecule has 0 aliphatic heterocycles. The highest BCUT2D eigenvalue weighted by Gasteiger charge is 2.24. The summed E-state index contributed by atoms with van der Waals surface area (Å²) in [6.45, 7) is 1.61. The van der Waals surface area contributed by atoms with Crippen LogP contribution < -0.4 is 0 Å². The molecule has 0 aromatic heterocycles. The Morgan fingerprint density at radius 1 is 0.833 bits per heavy atom. The van der Waals surface area contributed by atoms with Crippen molar-refractivity contribution >= 4 is 0 Å². The van der Waals surface area contributed by atoms with Crippen molar-refractivity contribution in [1.82, 2.24) is 5.23 Å². The lowest BCUT2D eigenvalue weighted by Gasteiger charge is -2.26. The third kappa shape index (κ3) is 6.66. The predicted molar refractivity (Wildman–Crippen MR) is 68.6 cm³/mol. The van der Waals surface area contributed by atoms with Gasteiger partial charge >= 0.3 is 0 Å². The molecule has 18 heavy (non-hydrogen) atoms. The van der Waals surface area contributed by atoms with Crippen LogP contribution in [0.2, 0.25) is 0 Å². The monoisotopic (exact) mass is 261 g/mol. The summed E-state index contributed by atoms with van der Waals surface area (Å²) in [7, 11) is 0. The zero-order valence-corrected chi connectivity index (χ0v) is 11.2. The largest absolute Gasteiger partial charge is 0.396 e. The van der Waals surface area contributed by atoms with Gasteiger partial charge in [0.05, 0.1) is 19.3 Å². The number of unbranched alkanes of at least 4 members (excludes halogenated alkanes) is 2. The Labute approximate surface area is 110 Å². The average Bonchev–Trinajstić information content (AvgIpc) is 2.91. The first-order chi connectivity index (χ1) is 8.88. The van der Waals surface area contributed by atoms with Crippen molar-refractivity contribution in [1.29, 1.82) is 0 Å². The van der Waals surface area contributed by atoms with Crippen molar-refractivity contribution in [2.45, 2.75) is 57.4 Å². The van der Waals surface area contributed by atoms with Gasteiger partial charge in [0.15, 0.2) is 0 Å². The third-order valence-electron chi connectivity index (χ3n) is 3.16. The molecular weight excluding hydrogens is 234 g/mol. The molecule has 1 saturated carbocycles. The second-order valence-corrected chi connectivity index (χ2v) is 4.75. The molecule has 1 aliphatic rings. The van der Waals surface area contributed by atoms with E-state index in [-0.39, 0.29) is 13.2 Å². The van der Waals surface area contributed by atoms with E-state index in [1.54, 1.807) is 5.23 Å². The highest BCUT2D eigenvalue weighted by atomic mass is 16.9. The summed E-state index contributed by atoms with van der Waals surface area (Å²) in [6.07, 6.45) is 7.95. The van der Waals surface area contributed by atoms with Gasteiger partial charge in [-0.3, -0.25) is 9.68 Å². The fourth-order valence-electron chi connectivity index (χ4n) is 2.10. The predicted octanol–water partition coefficient (Wildman–Crippen LogP) is 1.64. The normalized spacial score (nSPS) is 16.8. The maximum atomic E-state index is 8.72. The van der Waals surface area contributed by atoms with Crippen LogP contribution >= 0.6 is 0 Å². The van der Waals surface area contributed by atoms with Crippen LogP contribution in [0.4, 0.5) is 0 Å². The second kappa shape index (κ2) is 10.7. The molecule has 108 valence electrons. The number of hydrogen-bond acceptors (Lipinski definition) is 5. The van der Waals surface area contributed by atoms with E-state index in [0.29, 0.717) is 19.3 Å². The molecule has 0 unspecified atom stereocenters. The van der Waals surface area contributed by atoms with Crippen LogP contribution in [0.1, 0.15) is 51.4 Å². The fraction of sp³-hybridized carbons (Fsp3) is 1.00. The molecule has 0 amide bonds. The highest BCUT2D eigenvalue weighted by molar-refractivity contribution is 4.69. The third-order valence-corrected chi connectivity index (χ3v) is 3.16. The van der Waals surface area contributed by atoms with Crippen LogP contribution in [0.15, 0.2) is 0 Å². The van der Waals surface area contributed by atoms with E-state index in [9.17, 15) is 0 Å². The topological polar surface area (TPSA) is 62.2 Å². The SMILES string of the molecule is OCCCCON(OCCCCO)C1CCCC1. The van der Waals surface area contributed by atoms with Crippen molar-refractivity contribution < 1.29 is 19.9 Å². The lowest BCUT2D eigenvalue weighted by molar-refractivity contribution is -0.388. The molecule has 1 rings (SSSR count). The van der Waals surface area contributed by atoms with Gasteiger partial charge < -0.3 is 10.2 Å². The maximum Gasteiger partial charge on any atom is 0.0712 e. The van der Waals surface area contributed by atoms with Gasteiger partial charge in [0.25, 0.3) is 0 Å². The lowest BCUT2D eigenvalue weighted by Crippen LogP contribution is -2.34. The first-order valence-corrected chi connectivity index (χ1v) is 7.15. The van der Waals surface area contributed by atoms with Crippen LogP contribution in [0.3, 0.4) is 0 Å². The van der Waals surface area contributed by atoms with E-state index in [2.05, 4.69) is 0 Å². The van der Waals surface area contributed by atoms with E-state index in [4.69, 9.17) is 19.9 Å². The van der Waals surface area contributed by atoms with Gasteiger partial charge in [-0.1, -0.05) is 18.1 Å². The smallest absolute Gasteiger partial charge is 0.0712 e. The molecule has 0 saturated heterocycles. The molecule has 0 aromatic carbocycles. The molecule has 5 nitrogen and oxygen atoms in total. The maximum absolute atomic E-state index is 8.72. The number of nitrogens with zero attached hydrogens (tertiary/aromatic N) is 1. The zero-order chi connectivity index (χ0) is 13.1. The van der Waals surface area contributed by atoms with Crippen molar-refractivity contribution in [2.75, 3.05) is 26.4 Å². The summed E-state index contributed by atoms with van der Waals surface area (Å²) >= 11 is 0. The summed E-state index contributed by atoms with van der Waals surface area (Å²) < 4.78 is 0. The standard InChI is InChI=1S/C13H27NO4/c15-9-3-5-11-17-14(13-7-1-2-8-13)18-12-6-4-10-16/h13,15-16H,1-12H2. The van der Waals surface area contributed by atoms with Crippen LogP contribution in [0.25, 0.3) is 0 Å². The fourth-order valence-corrected chi connectivity index (χ4v) is 2.10. The van der Waals surface area contributed by atoms with E-state index in [0.717, 1.165) is 38.5 Å². The van der Waals surface area contributed by atoms with Crippen LogP contribution in [0, 0.1) is 0 Å². The van der Waals surface area contributed by atoms with Gasteiger partial charge in [-0.2, -0.15) is 0 Å². The summed E-state index contributed by atoms with van der Waals surface area (Å²) in [6, 6.07) is 0.369. The highest BCUT2D eigenvalue weighted by Crippen LogP contribution is 2.24. The van der Waals surface area contributed by atoms with E-state index < -0.39 is 0 Å². The number of aliphatic hydroxyl groups excluding tert-OH is 2. The summed E-state index contributed by atoms with van der Waals surface area (Å²) in [4.78, 5) is 11.3. The number of hydroxylamine groups is 2. The van der Waals surface area contributed by atoms with Crippen molar-refractivity contribution in [3.63, 3.8) is 0 Å². The molecule has 0 spiro atoms. The van der Waals surface area contributed by atoms with Gasteiger partial charge in [0.1, 0.15) is 0 Å². The first kappa shape index (κ1) is 15.9. The molecule has 0 radical (unpaired) electrons. The van der Waals surface area contributed by atoms with E-state index >= 15 is 0 Å². The molecule has 0 bridgehead atoms. The number of rotatable bonds is 11. The molecule has 2 N–H and O–H groups in total. The Kier molecular flexibility index (Phi) is 9.42. The van der Waals surface area contributed by atoms with E-state index in [1.165, 1.54) is 12.8 Å². The van der Waals surface area contributed by atoms with Crippen molar-refractivity contribution in [3.05, 3.63) is 0 Å². The zero-order valence-electron chi connectivity index (χ0n) is 11.2. The van der Waals surface area contributed by atoms with Gasteiger partial charge in [-0.25, -0.2) is 0 Å². The molecule has 1 fully saturated rings. The second-order valence-electron chi connectivity index (χ2n) is 4.75. The van der Waals surface area contributed by atoms with E-state index in [1.807, 2.05) is 0 Å². The Hall–Kier alpha value is -0.200. The van der Waals surface area contributed by atoms with Crippen molar-refractivity contribution in [2.24, 2.45) is 0 Å². The van der Waals surface area contributed by atoms with Crippen LogP contribution in [-0.2, 0) is 9.68 Å². The minimum Gasteiger partial charge on any atom is -0.396 e. The molecule has 0 atom stereocenters. The molecule has 0 heterocycles. The Morgan fingerprint density at radius 2 is 1.33 bits per heavy atom. The van der Waals surface area contributed by atoms with Gasteiger partial charge in [0, 0.05) is 13.2 Å². The minimum atomic E-state index is 0.212. The van der Waals surface area contributed by atoms with Crippen LogP contribution in [-0.4, -0.2) is 47.9 Å². The number of aliphatic hydroxyl groups is 2. The Morgan fingerprint density at radius 3 is 1.78 bits per heavy atom. The Bertz CT molecular complexity index is 174. The lowest BCUT2D eigenvalue weighted by atomic mass is 10.3. The molecule has 5 heteroatoms. The first-order valence-electron chi connectivity index (χ1n) is 7.15. The quantitative estimate of drug-likeness (QED) is 0.437. The molecular formula is C13H27NO4. The average molecular weight is 261 g/mol. The summed E-state index contributed by atoms with van der Waals surface area (Å²) in [5.74, 6) is 0. The van der Waals surface area contributed by atoms with Gasteiger partial charge in [-0.05, 0) is 38.5 Å². The van der Waals surface area contributed by atoms with Gasteiger partial charge in [0.2, 0.25) is 0 Å². The summed E-state index contributed by atoms with van der Waals surface area (Å²) in [5.41, 5.74) is 0.